The number of hydrogen-bond acceptors (Lipinski definition) is 5. The van der Waals surface area contributed by atoms with Crippen molar-refractivity contribution in [2.24, 2.45) is 0 Å². The first kappa shape index (κ1) is 23.9. The van der Waals surface area contributed by atoms with E-state index in [2.05, 4.69) is 26.8 Å². The molecule has 1 unspecified atom stereocenters. The minimum atomic E-state index is -4.17. The van der Waals surface area contributed by atoms with Gasteiger partial charge in [-0.25, -0.2) is 18.7 Å². The summed E-state index contributed by atoms with van der Waals surface area (Å²) in [7, 11) is 1.54. The first-order chi connectivity index (χ1) is 16.8. The van der Waals surface area contributed by atoms with Crippen LogP contribution in [0, 0.1) is 23.5 Å². The van der Waals surface area contributed by atoms with Gasteiger partial charge in [0.05, 0.1) is 7.11 Å². The van der Waals surface area contributed by atoms with Gasteiger partial charge in [0.15, 0.2) is 5.60 Å². The maximum absolute atomic E-state index is 15.8. The van der Waals surface area contributed by atoms with Crippen LogP contribution in [0.15, 0.2) is 79.5 Å². The molecule has 2 aromatic heterocycles. The Bertz CT molecular complexity index is 1390. The summed E-state index contributed by atoms with van der Waals surface area (Å²) in [6.07, 6.45) is 4.04. The molecule has 0 saturated carbocycles. The normalized spacial score (nSPS) is 12.9. The van der Waals surface area contributed by atoms with Crippen LogP contribution in [-0.4, -0.2) is 27.2 Å². The Morgan fingerprint density at radius 2 is 1.51 bits per heavy atom. The number of ether oxygens (including phenoxy) is 1. The predicted octanol–water partition coefficient (Wildman–Crippen LogP) is 4.59. The molecular formula is C26H17F4N3O2. The van der Waals surface area contributed by atoms with Gasteiger partial charge in [0.2, 0.25) is 0 Å². The molecule has 0 aliphatic rings. The molecule has 0 fully saturated rings. The average Bonchev–Trinajstić information content (AvgIpc) is 2.88. The van der Waals surface area contributed by atoms with Crippen molar-refractivity contribution in [3.8, 4) is 17.6 Å². The first-order valence-electron chi connectivity index (χ1n) is 10.2. The van der Waals surface area contributed by atoms with Crippen LogP contribution in [-0.2, 0) is 11.5 Å². The lowest BCUT2D eigenvalue weighted by Crippen LogP contribution is -2.45. The molecule has 0 bridgehead atoms. The molecule has 2 heterocycles. The minimum absolute atomic E-state index is 0.333. The van der Waals surface area contributed by atoms with Crippen LogP contribution in [0.2, 0.25) is 0 Å². The van der Waals surface area contributed by atoms with Gasteiger partial charge in [-0.15, -0.1) is 0 Å². The van der Waals surface area contributed by atoms with Gasteiger partial charge in [-0.3, -0.25) is 4.98 Å². The average molecular weight is 479 g/mol. The van der Waals surface area contributed by atoms with Crippen LogP contribution in [0.4, 0.5) is 17.6 Å². The molecule has 2 aromatic carbocycles. The van der Waals surface area contributed by atoms with Crippen LogP contribution in [0.3, 0.4) is 0 Å². The van der Waals surface area contributed by atoms with Crippen molar-refractivity contribution in [3.63, 3.8) is 0 Å². The van der Waals surface area contributed by atoms with Gasteiger partial charge in [0.1, 0.15) is 29.4 Å². The van der Waals surface area contributed by atoms with E-state index in [1.54, 1.807) is 31.4 Å². The first-order valence-corrected chi connectivity index (χ1v) is 10.2. The van der Waals surface area contributed by atoms with E-state index >= 15 is 8.78 Å². The highest BCUT2D eigenvalue weighted by molar-refractivity contribution is 5.45. The Balaban J connectivity index is 1.73. The molecule has 5 nitrogen and oxygen atoms in total. The largest absolute Gasteiger partial charge is 0.497 e. The summed E-state index contributed by atoms with van der Waals surface area (Å²) in [4.78, 5) is 11.1. The number of pyridine rings is 1. The van der Waals surface area contributed by atoms with E-state index in [-0.39, 0.29) is 0 Å². The standard InChI is InChI=1S/C26H17F4N3O2/c1-35-21-8-4-17(5-9-21)2-3-18-6-11-24(33-13-18)26(29,30)25(34,19-14-31-16-32-15-19)22-10-7-20(27)12-23(22)28/h4-16,34H,1H3. The summed E-state index contributed by atoms with van der Waals surface area (Å²) in [5.41, 5.74) is -4.49. The Kier molecular flexibility index (Phi) is 6.49. The fourth-order valence-electron chi connectivity index (χ4n) is 3.43. The summed E-state index contributed by atoms with van der Waals surface area (Å²) >= 11 is 0. The molecule has 4 aromatic rings. The van der Waals surface area contributed by atoms with Gasteiger partial charge in [0.25, 0.3) is 0 Å². The van der Waals surface area contributed by atoms with E-state index in [9.17, 15) is 13.9 Å². The minimum Gasteiger partial charge on any atom is -0.497 e. The molecule has 1 N–H and O–H groups in total. The van der Waals surface area contributed by atoms with Crippen LogP contribution in [0.1, 0.15) is 27.9 Å². The molecule has 0 radical (unpaired) electrons. The summed E-state index contributed by atoms with van der Waals surface area (Å²) in [5, 5.41) is 11.3. The molecule has 0 aliphatic carbocycles. The van der Waals surface area contributed by atoms with Gasteiger partial charge in [0, 0.05) is 46.9 Å². The number of alkyl halides is 2. The third kappa shape index (κ3) is 4.56. The Hall–Kier alpha value is -4.29. The van der Waals surface area contributed by atoms with Crippen molar-refractivity contribution in [3.05, 3.63) is 119 Å². The smallest absolute Gasteiger partial charge is 0.326 e. The van der Waals surface area contributed by atoms with Crippen LogP contribution >= 0.6 is 0 Å². The second-order valence-corrected chi connectivity index (χ2v) is 7.45. The van der Waals surface area contributed by atoms with Crippen molar-refractivity contribution in [1.82, 2.24) is 15.0 Å². The Morgan fingerprint density at radius 1 is 0.857 bits per heavy atom. The number of aromatic nitrogens is 3. The quantitative estimate of drug-likeness (QED) is 0.335. The Morgan fingerprint density at radius 3 is 2.11 bits per heavy atom. The number of benzene rings is 2. The van der Waals surface area contributed by atoms with Crippen molar-refractivity contribution < 1.29 is 27.4 Å². The van der Waals surface area contributed by atoms with Crippen LogP contribution in [0.5, 0.6) is 5.75 Å². The number of halogens is 4. The van der Waals surface area contributed by atoms with Crippen molar-refractivity contribution in [2.75, 3.05) is 7.11 Å². The molecule has 0 aliphatic heterocycles. The monoisotopic (exact) mass is 479 g/mol. The van der Waals surface area contributed by atoms with Crippen LogP contribution < -0.4 is 4.74 Å². The maximum atomic E-state index is 15.8. The predicted molar refractivity (Wildman–Crippen MR) is 118 cm³/mol. The van der Waals surface area contributed by atoms with Gasteiger partial charge >= 0.3 is 5.92 Å². The number of aliphatic hydroxyl groups is 1. The third-order valence-corrected chi connectivity index (χ3v) is 5.28. The molecule has 35 heavy (non-hydrogen) atoms. The van der Waals surface area contributed by atoms with Crippen molar-refractivity contribution >= 4 is 0 Å². The fraction of sp³-hybridized carbons (Fsp3) is 0.115. The number of hydrogen-bond donors (Lipinski definition) is 1. The molecule has 9 heteroatoms. The fourth-order valence-corrected chi connectivity index (χ4v) is 3.43. The van der Waals surface area contributed by atoms with Gasteiger partial charge in [-0.1, -0.05) is 11.8 Å². The zero-order chi connectivity index (χ0) is 25.1. The van der Waals surface area contributed by atoms with E-state index in [4.69, 9.17) is 4.74 Å². The maximum Gasteiger partial charge on any atom is 0.326 e. The lowest BCUT2D eigenvalue weighted by molar-refractivity contribution is -0.175. The molecule has 176 valence electrons. The summed E-state index contributed by atoms with van der Waals surface area (Å²) in [5.74, 6) is -0.160. The summed E-state index contributed by atoms with van der Waals surface area (Å²) in [6, 6.07) is 11.1. The van der Waals surface area contributed by atoms with E-state index < -0.39 is 40.0 Å². The lowest BCUT2D eigenvalue weighted by atomic mass is 9.80. The number of rotatable bonds is 5. The van der Waals surface area contributed by atoms with E-state index in [1.165, 1.54) is 6.07 Å². The highest BCUT2D eigenvalue weighted by atomic mass is 19.3. The van der Waals surface area contributed by atoms with Gasteiger partial charge < -0.3 is 9.84 Å². The summed E-state index contributed by atoms with van der Waals surface area (Å²) in [6.45, 7) is 0. The summed E-state index contributed by atoms with van der Waals surface area (Å²) < 4.78 is 64.9. The highest BCUT2D eigenvalue weighted by Gasteiger charge is 2.58. The van der Waals surface area contributed by atoms with Gasteiger partial charge in [-0.2, -0.15) is 8.78 Å². The van der Waals surface area contributed by atoms with E-state index in [1.807, 2.05) is 0 Å². The van der Waals surface area contributed by atoms with Crippen molar-refractivity contribution in [1.29, 1.82) is 0 Å². The lowest BCUT2D eigenvalue weighted by Gasteiger charge is -2.36. The SMILES string of the molecule is COc1ccc(C#Cc2ccc(C(F)(F)C(O)(c3cncnc3)c3ccc(F)cc3F)nc2)cc1. The zero-order valence-electron chi connectivity index (χ0n) is 18.2. The number of methoxy groups -OCH3 is 1. The molecule has 0 saturated heterocycles. The second kappa shape index (κ2) is 9.52. The Labute approximate surface area is 198 Å². The van der Waals surface area contributed by atoms with E-state index in [0.717, 1.165) is 43.1 Å². The van der Waals surface area contributed by atoms with E-state index in [0.29, 0.717) is 22.9 Å². The topological polar surface area (TPSA) is 68.1 Å². The molecule has 0 amide bonds. The molecule has 0 spiro atoms. The molecular weight excluding hydrogens is 462 g/mol. The highest BCUT2D eigenvalue weighted by Crippen LogP contribution is 2.49. The third-order valence-electron chi connectivity index (χ3n) is 5.28. The van der Waals surface area contributed by atoms with Crippen molar-refractivity contribution in [2.45, 2.75) is 11.5 Å². The molecule has 1 atom stereocenters. The van der Waals surface area contributed by atoms with Crippen LogP contribution in [0.25, 0.3) is 0 Å². The zero-order valence-corrected chi connectivity index (χ0v) is 18.2. The number of nitrogens with zero attached hydrogens (tertiary/aromatic N) is 3. The molecule has 4 rings (SSSR count). The van der Waals surface area contributed by atoms with Gasteiger partial charge in [-0.05, 0) is 48.5 Å². The second-order valence-electron chi connectivity index (χ2n) is 7.45.